The van der Waals surface area contributed by atoms with Gasteiger partial charge in [-0.3, -0.25) is 4.79 Å². The van der Waals surface area contributed by atoms with Gasteiger partial charge < -0.3 is 4.90 Å². The molecule has 1 saturated heterocycles. The summed E-state index contributed by atoms with van der Waals surface area (Å²) in [6, 6.07) is 5.50. The summed E-state index contributed by atoms with van der Waals surface area (Å²) >= 11 is 0. The van der Waals surface area contributed by atoms with E-state index in [-0.39, 0.29) is 24.2 Å². The molecular formula is C11H8ClFN2O3S. The molecule has 0 radical (unpaired) electrons. The highest BCUT2D eigenvalue weighted by molar-refractivity contribution is 8.14. The maximum atomic E-state index is 13.5. The Hall–Kier alpha value is -1.65. The van der Waals surface area contributed by atoms with Gasteiger partial charge >= 0.3 is 0 Å². The Morgan fingerprint density at radius 3 is 2.68 bits per heavy atom. The van der Waals surface area contributed by atoms with E-state index in [1.54, 1.807) is 6.07 Å². The zero-order valence-electron chi connectivity index (χ0n) is 9.51. The fraction of sp³-hybridized carbons (Fsp3) is 0.273. The summed E-state index contributed by atoms with van der Waals surface area (Å²) in [5.41, 5.74) is -0.223. The first-order valence-electron chi connectivity index (χ1n) is 5.27. The molecule has 1 aromatic rings. The van der Waals surface area contributed by atoms with Crippen molar-refractivity contribution in [1.82, 2.24) is 0 Å². The second kappa shape index (κ2) is 4.79. The summed E-state index contributed by atoms with van der Waals surface area (Å²) < 4.78 is 35.9. The van der Waals surface area contributed by atoms with Crippen LogP contribution in [0.4, 0.5) is 10.1 Å². The number of carbonyl (C=O) groups is 1. The maximum Gasteiger partial charge on any atom is 0.237 e. The number of rotatable bonds is 2. The molecule has 0 spiro atoms. The molecule has 0 aromatic heterocycles. The third kappa shape index (κ3) is 2.55. The van der Waals surface area contributed by atoms with Crippen LogP contribution in [-0.2, 0) is 13.8 Å². The van der Waals surface area contributed by atoms with E-state index >= 15 is 0 Å². The van der Waals surface area contributed by atoms with E-state index in [0.717, 1.165) is 11.0 Å². The quantitative estimate of drug-likeness (QED) is 0.773. The van der Waals surface area contributed by atoms with E-state index in [4.69, 9.17) is 15.9 Å². The van der Waals surface area contributed by atoms with Gasteiger partial charge in [-0.25, -0.2) is 12.8 Å². The normalized spacial score (nSPS) is 19.5. The van der Waals surface area contributed by atoms with Crippen LogP contribution in [-0.4, -0.2) is 26.1 Å². The molecule has 1 aliphatic heterocycles. The first kappa shape index (κ1) is 13.8. The summed E-state index contributed by atoms with van der Waals surface area (Å²) in [5, 5.41) is 7.85. The van der Waals surface area contributed by atoms with Crippen molar-refractivity contribution in [3.8, 4) is 6.07 Å². The summed E-state index contributed by atoms with van der Waals surface area (Å²) in [6.07, 6.45) is -0.271. The Kier molecular flexibility index (Phi) is 3.47. The van der Waals surface area contributed by atoms with Crippen molar-refractivity contribution < 1.29 is 17.6 Å². The molecule has 1 atom stereocenters. The average molecular weight is 303 g/mol. The van der Waals surface area contributed by atoms with Crippen LogP contribution >= 0.6 is 10.7 Å². The molecule has 0 bridgehead atoms. The Labute approximate surface area is 113 Å². The molecule has 0 aliphatic carbocycles. The van der Waals surface area contributed by atoms with Gasteiger partial charge in [0.25, 0.3) is 0 Å². The minimum atomic E-state index is -3.87. The van der Waals surface area contributed by atoms with Gasteiger partial charge in [0.05, 0.1) is 5.69 Å². The Morgan fingerprint density at radius 1 is 1.47 bits per heavy atom. The maximum absolute atomic E-state index is 13.5. The topological polar surface area (TPSA) is 78.2 Å². The lowest BCUT2D eigenvalue weighted by Gasteiger charge is -2.17. The van der Waals surface area contributed by atoms with E-state index < -0.39 is 26.0 Å². The van der Waals surface area contributed by atoms with Crippen LogP contribution in [0.2, 0.25) is 0 Å². The lowest BCUT2D eigenvalue weighted by molar-refractivity contribution is -0.117. The molecule has 100 valence electrons. The molecule has 1 heterocycles. The van der Waals surface area contributed by atoms with E-state index in [1.165, 1.54) is 12.1 Å². The number of hydrogen-bond donors (Lipinski definition) is 0. The second-order valence-electron chi connectivity index (χ2n) is 4.05. The highest BCUT2D eigenvalue weighted by Gasteiger charge is 2.39. The molecule has 1 fully saturated rings. The first-order chi connectivity index (χ1) is 8.84. The van der Waals surface area contributed by atoms with Crippen LogP contribution in [0.3, 0.4) is 0 Å². The standard InChI is InChI=1S/C11H8ClFN2O3S/c12-19(17,18)7-4-11(16)15(6-7)10-3-1-2-9(13)8(10)5-14/h1-3,7H,4,6H2. The number of halogens is 2. The van der Waals surface area contributed by atoms with Gasteiger partial charge in [0, 0.05) is 23.6 Å². The number of carbonyl (C=O) groups excluding carboxylic acids is 1. The van der Waals surface area contributed by atoms with Gasteiger partial charge in [-0.15, -0.1) is 0 Å². The molecule has 5 nitrogen and oxygen atoms in total. The fourth-order valence-electron chi connectivity index (χ4n) is 1.94. The molecule has 1 aromatic carbocycles. The van der Waals surface area contributed by atoms with Crippen molar-refractivity contribution in [3.05, 3.63) is 29.6 Å². The SMILES string of the molecule is N#Cc1c(F)cccc1N1CC(S(=O)(=O)Cl)CC1=O. The van der Waals surface area contributed by atoms with Crippen LogP contribution < -0.4 is 4.90 Å². The van der Waals surface area contributed by atoms with E-state index in [2.05, 4.69) is 0 Å². The number of amides is 1. The predicted octanol–water partition coefficient (Wildman–Crippen LogP) is 1.37. The number of anilines is 1. The van der Waals surface area contributed by atoms with Gasteiger partial charge in [0.2, 0.25) is 15.0 Å². The van der Waals surface area contributed by atoms with Gasteiger partial charge in [0.1, 0.15) is 22.7 Å². The van der Waals surface area contributed by atoms with Crippen molar-refractivity contribution in [2.45, 2.75) is 11.7 Å². The van der Waals surface area contributed by atoms with E-state index in [9.17, 15) is 17.6 Å². The molecule has 1 unspecified atom stereocenters. The zero-order valence-corrected chi connectivity index (χ0v) is 11.1. The third-order valence-corrected chi connectivity index (χ3v) is 4.75. The second-order valence-corrected chi connectivity index (χ2v) is 6.96. The van der Waals surface area contributed by atoms with Gasteiger partial charge in [-0.05, 0) is 12.1 Å². The molecule has 1 aliphatic rings. The fourth-order valence-corrected chi connectivity index (χ4v) is 2.97. The van der Waals surface area contributed by atoms with Crippen LogP contribution in [0.1, 0.15) is 12.0 Å². The highest BCUT2D eigenvalue weighted by atomic mass is 35.7. The lowest BCUT2D eigenvalue weighted by atomic mass is 10.1. The molecule has 2 rings (SSSR count). The molecule has 8 heteroatoms. The van der Waals surface area contributed by atoms with Crippen LogP contribution in [0.25, 0.3) is 0 Å². The zero-order chi connectivity index (χ0) is 14.2. The van der Waals surface area contributed by atoms with Crippen LogP contribution in [0, 0.1) is 17.1 Å². The Balaban J connectivity index is 2.43. The number of nitriles is 1. The minimum Gasteiger partial charge on any atom is -0.310 e. The summed E-state index contributed by atoms with van der Waals surface area (Å²) in [4.78, 5) is 12.9. The molecule has 1 amide bonds. The van der Waals surface area contributed by atoms with Gasteiger partial charge in [0.15, 0.2) is 0 Å². The Morgan fingerprint density at radius 2 is 2.16 bits per heavy atom. The van der Waals surface area contributed by atoms with E-state index in [1.807, 2.05) is 0 Å². The Bertz CT molecular complexity index is 684. The number of benzene rings is 1. The molecule has 19 heavy (non-hydrogen) atoms. The number of hydrogen-bond acceptors (Lipinski definition) is 4. The van der Waals surface area contributed by atoms with Crippen LogP contribution in [0.15, 0.2) is 18.2 Å². The summed E-state index contributed by atoms with van der Waals surface area (Å²) in [6.45, 7) is -0.178. The monoisotopic (exact) mass is 302 g/mol. The van der Waals surface area contributed by atoms with Gasteiger partial charge in [-0.1, -0.05) is 6.07 Å². The van der Waals surface area contributed by atoms with Crippen molar-refractivity contribution >= 4 is 31.3 Å². The predicted molar refractivity (Wildman–Crippen MR) is 66.6 cm³/mol. The average Bonchev–Trinajstić information content (AvgIpc) is 2.70. The number of nitrogens with zero attached hydrogens (tertiary/aromatic N) is 2. The lowest BCUT2D eigenvalue weighted by Crippen LogP contribution is -2.27. The van der Waals surface area contributed by atoms with Gasteiger partial charge in [-0.2, -0.15) is 5.26 Å². The van der Waals surface area contributed by atoms with Crippen LogP contribution in [0.5, 0.6) is 0 Å². The summed E-state index contributed by atoms with van der Waals surface area (Å²) in [5.74, 6) is -1.26. The minimum absolute atomic E-state index is 0.0651. The van der Waals surface area contributed by atoms with E-state index in [0.29, 0.717) is 0 Å². The smallest absolute Gasteiger partial charge is 0.237 e. The first-order valence-corrected chi connectivity index (χ1v) is 7.64. The van der Waals surface area contributed by atoms with Crippen molar-refractivity contribution in [2.75, 3.05) is 11.4 Å². The largest absolute Gasteiger partial charge is 0.310 e. The highest BCUT2D eigenvalue weighted by Crippen LogP contribution is 2.29. The van der Waals surface area contributed by atoms with Crippen molar-refractivity contribution in [2.24, 2.45) is 0 Å². The van der Waals surface area contributed by atoms with Crippen molar-refractivity contribution in [1.29, 1.82) is 5.26 Å². The third-order valence-electron chi connectivity index (χ3n) is 2.88. The summed E-state index contributed by atoms with van der Waals surface area (Å²) in [7, 11) is 1.34. The molecule has 0 N–H and O–H groups in total. The molecular weight excluding hydrogens is 295 g/mol. The molecule has 0 saturated carbocycles. The van der Waals surface area contributed by atoms with Crippen molar-refractivity contribution in [3.63, 3.8) is 0 Å².